The summed E-state index contributed by atoms with van der Waals surface area (Å²) in [5, 5.41) is 15.7. The molecule has 11 nitrogen and oxygen atoms in total. The van der Waals surface area contributed by atoms with Crippen LogP contribution in [-0.4, -0.2) is 54.7 Å². The number of nitrogens with one attached hydrogen (secondary N) is 1. The summed E-state index contributed by atoms with van der Waals surface area (Å²) in [7, 11) is 1.31. The van der Waals surface area contributed by atoms with Gasteiger partial charge < -0.3 is 19.9 Å². The highest BCUT2D eigenvalue weighted by Crippen LogP contribution is 2.31. The van der Waals surface area contributed by atoms with E-state index in [9.17, 15) is 27.9 Å². The molecule has 0 radical (unpaired) electrons. The fourth-order valence-corrected chi connectivity index (χ4v) is 3.39. The fraction of sp³-hybridized carbons (Fsp3) is 0.409. The molecule has 3 rings (SSSR count). The van der Waals surface area contributed by atoms with Gasteiger partial charge in [0.1, 0.15) is 17.9 Å². The van der Waals surface area contributed by atoms with Gasteiger partial charge in [-0.15, -0.1) is 5.10 Å². The van der Waals surface area contributed by atoms with Crippen molar-refractivity contribution in [3.05, 3.63) is 51.1 Å². The molecule has 0 aliphatic heterocycles. The summed E-state index contributed by atoms with van der Waals surface area (Å²) in [5.41, 5.74) is -0.405. The van der Waals surface area contributed by atoms with E-state index in [1.807, 2.05) is 0 Å². The maximum atomic E-state index is 15.2. The molecule has 0 saturated heterocycles. The van der Waals surface area contributed by atoms with Gasteiger partial charge in [0.05, 0.1) is 7.11 Å². The Morgan fingerprint density at radius 1 is 1.22 bits per heavy atom. The van der Waals surface area contributed by atoms with Crippen molar-refractivity contribution in [3.63, 3.8) is 0 Å². The van der Waals surface area contributed by atoms with Crippen LogP contribution in [0.15, 0.2) is 16.9 Å². The number of hydrogen-bond acceptors (Lipinski definition) is 8. The molecule has 3 heterocycles. The first kappa shape index (κ1) is 27.6. The molecule has 1 unspecified atom stereocenters. The van der Waals surface area contributed by atoms with E-state index in [1.54, 1.807) is 26.8 Å². The van der Waals surface area contributed by atoms with Gasteiger partial charge >= 0.3 is 11.9 Å². The van der Waals surface area contributed by atoms with Crippen LogP contribution in [0, 0.1) is 19.7 Å². The van der Waals surface area contributed by atoms with Crippen molar-refractivity contribution >= 4 is 11.6 Å². The standard InChI is InChI=1S/C22H24F4N6O5/c1-6-31-15(9-33)30-32(21(31)35)17-14(23)8-13(19(29-17)37-12(4)22(24,25)26)18(34)28-16-10(2)7-11(3)27-20(16)36-5/h7-8,12,33H,6,9H2,1-5H3,(H,28,34). The summed E-state index contributed by atoms with van der Waals surface area (Å²) in [4.78, 5) is 33.6. The number of amides is 1. The molecule has 0 aliphatic carbocycles. The van der Waals surface area contributed by atoms with Crippen molar-refractivity contribution in [2.24, 2.45) is 0 Å². The van der Waals surface area contributed by atoms with Crippen LogP contribution >= 0.6 is 0 Å². The molecule has 0 aliphatic rings. The third-order valence-electron chi connectivity index (χ3n) is 5.26. The minimum Gasteiger partial charge on any atom is -0.480 e. The average molecular weight is 528 g/mol. The number of anilines is 1. The summed E-state index contributed by atoms with van der Waals surface area (Å²) in [6.07, 6.45) is -7.30. The van der Waals surface area contributed by atoms with E-state index in [0.29, 0.717) is 28.9 Å². The molecule has 0 spiro atoms. The quantitative estimate of drug-likeness (QED) is 0.427. The average Bonchev–Trinajstić information content (AvgIpc) is 3.15. The second-order valence-electron chi connectivity index (χ2n) is 7.88. The van der Waals surface area contributed by atoms with Gasteiger partial charge in [0, 0.05) is 12.2 Å². The molecule has 3 aromatic rings. The van der Waals surface area contributed by atoms with Gasteiger partial charge in [-0.1, -0.05) is 0 Å². The minimum atomic E-state index is -4.85. The lowest BCUT2D eigenvalue weighted by atomic mass is 10.2. The summed E-state index contributed by atoms with van der Waals surface area (Å²) < 4.78 is 66.5. The third kappa shape index (κ3) is 5.55. The first-order valence-corrected chi connectivity index (χ1v) is 10.9. The number of ether oxygens (including phenoxy) is 2. The van der Waals surface area contributed by atoms with Crippen molar-refractivity contribution < 1.29 is 36.9 Å². The van der Waals surface area contributed by atoms with Gasteiger partial charge in [-0.05, 0) is 45.4 Å². The lowest BCUT2D eigenvalue weighted by Crippen LogP contribution is -2.33. The molecule has 200 valence electrons. The molecular formula is C22H24F4N6O5. The third-order valence-corrected chi connectivity index (χ3v) is 5.26. The van der Waals surface area contributed by atoms with Gasteiger partial charge in [0.2, 0.25) is 11.8 Å². The van der Waals surface area contributed by atoms with E-state index < -0.39 is 53.6 Å². The highest BCUT2D eigenvalue weighted by atomic mass is 19.4. The highest BCUT2D eigenvalue weighted by Gasteiger charge is 2.39. The number of nitrogens with zero attached hydrogens (tertiary/aromatic N) is 5. The van der Waals surface area contributed by atoms with E-state index in [0.717, 1.165) is 4.57 Å². The molecule has 0 bridgehead atoms. The van der Waals surface area contributed by atoms with E-state index in [4.69, 9.17) is 9.47 Å². The van der Waals surface area contributed by atoms with E-state index in [2.05, 4.69) is 20.4 Å². The van der Waals surface area contributed by atoms with Crippen molar-refractivity contribution in [2.75, 3.05) is 12.4 Å². The SMILES string of the molecule is CCn1c(CO)nn(-c2nc(OC(C)C(F)(F)F)c(C(=O)Nc3c(C)cc(C)nc3OC)cc2F)c1=O. The molecule has 0 aromatic carbocycles. The Hall–Kier alpha value is -4.01. The Bertz CT molecular complexity index is 1390. The highest BCUT2D eigenvalue weighted by molar-refractivity contribution is 6.07. The van der Waals surface area contributed by atoms with Crippen LogP contribution in [0.4, 0.5) is 23.2 Å². The zero-order chi connectivity index (χ0) is 27.7. The van der Waals surface area contributed by atoms with Crippen LogP contribution in [0.25, 0.3) is 5.82 Å². The molecule has 0 saturated carbocycles. The topological polar surface area (TPSA) is 133 Å². The number of aryl methyl sites for hydroxylation is 2. The molecular weight excluding hydrogens is 504 g/mol. The summed E-state index contributed by atoms with van der Waals surface area (Å²) in [6.45, 7) is 4.96. The predicted molar refractivity (Wildman–Crippen MR) is 122 cm³/mol. The molecule has 1 amide bonds. The van der Waals surface area contributed by atoms with Gasteiger partial charge in [-0.25, -0.2) is 14.2 Å². The molecule has 37 heavy (non-hydrogen) atoms. The molecule has 3 aromatic heterocycles. The zero-order valence-electron chi connectivity index (χ0n) is 20.5. The van der Waals surface area contributed by atoms with Crippen molar-refractivity contribution in [3.8, 4) is 17.6 Å². The number of methoxy groups -OCH3 is 1. The van der Waals surface area contributed by atoms with Crippen molar-refractivity contribution in [2.45, 2.75) is 53.1 Å². The monoisotopic (exact) mass is 528 g/mol. The number of aromatic nitrogens is 5. The van der Waals surface area contributed by atoms with Crippen molar-refractivity contribution in [1.29, 1.82) is 0 Å². The number of halogens is 4. The number of pyridine rings is 2. The molecule has 15 heteroatoms. The van der Waals surface area contributed by atoms with Crippen LogP contribution in [0.3, 0.4) is 0 Å². The fourth-order valence-electron chi connectivity index (χ4n) is 3.39. The summed E-state index contributed by atoms with van der Waals surface area (Å²) in [6, 6.07) is 2.20. The number of carbonyl (C=O) groups is 1. The molecule has 0 fully saturated rings. The lowest BCUT2D eigenvalue weighted by Gasteiger charge is -2.20. The Morgan fingerprint density at radius 2 is 1.89 bits per heavy atom. The van der Waals surface area contributed by atoms with E-state index in [1.165, 1.54) is 7.11 Å². The lowest BCUT2D eigenvalue weighted by molar-refractivity contribution is -0.190. The Morgan fingerprint density at radius 3 is 2.43 bits per heavy atom. The predicted octanol–water partition coefficient (Wildman–Crippen LogP) is 2.68. The smallest absolute Gasteiger partial charge is 0.425 e. The summed E-state index contributed by atoms with van der Waals surface area (Å²) >= 11 is 0. The van der Waals surface area contributed by atoms with Crippen LogP contribution in [0.1, 0.15) is 41.3 Å². The second kappa shape index (κ2) is 10.5. The van der Waals surface area contributed by atoms with Crippen LogP contribution in [-0.2, 0) is 13.2 Å². The maximum absolute atomic E-state index is 15.2. The van der Waals surface area contributed by atoms with E-state index in [-0.39, 0.29) is 23.9 Å². The van der Waals surface area contributed by atoms with Crippen molar-refractivity contribution in [1.82, 2.24) is 24.3 Å². The van der Waals surface area contributed by atoms with Crippen LogP contribution in [0.5, 0.6) is 11.8 Å². The van der Waals surface area contributed by atoms with Crippen LogP contribution in [0.2, 0.25) is 0 Å². The minimum absolute atomic E-state index is 0.0234. The van der Waals surface area contributed by atoms with Gasteiger partial charge in [0.15, 0.2) is 23.6 Å². The van der Waals surface area contributed by atoms with E-state index >= 15 is 4.39 Å². The maximum Gasteiger partial charge on any atom is 0.425 e. The first-order chi connectivity index (χ1) is 17.3. The number of hydrogen-bond donors (Lipinski definition) is 2. The molecule has 1 atom stereocenters. The Kier molecular flexibility index (Phi) is 7.86. The largest absolute Gasteiger partial charge is 0.480 e. The normalized spacial score (nSPS) is 12.4. The number of carbonyl (C=O) groups excluding carboxylic acids is 1. The van der Waals surface area contributed by atoms with Crippen LogP contribution < -0.4 is 20.5 Å². The number of aliphatic hydroxyl groups is 1. The number of alkyl halides is 3. The van der Waals surface area contributed by atoms with Gasteiger partial charge in [-0.2, -0.15) is 22.8 Å². The van der Waals surface area contributed by atoms with Gasteiger partial charge in [0.25, 0.3) is 5.91 Å². The number of aliphatic hydroxyl groups excluding tert-OH is 1. The molecule has 2 N–H and O–H groups in total. The first-order valence-electron chi connectivity index (χ1n) is 10.9. The Balaban J connectivity index is 2.16. The second-order valence-corrected chi connectivity index (χ2v) is 7.88. The number of rotatable bonds is 8. The zero-order valence-corrected chi connectivity index (χ0v) is 20.5. The summed E-state index contributed by atoms with van der Waals surface area (Å²) in [5.74, 6) is -4.16. The van der Waals surface area contributed by atoms with Gasteiger partial charge in [-0.3, -0.25) is 9.36 Å². The Labute approximate surface area is 207 Å².